The maximum Gasteiger partial charge on any atom is 0.253 e. The average molecular weight is 485 g/mol. The Hall–Kier alpha value is -1.79. The monoisotopic (exact) mass is 483 g/mol. The van der Waals surface area contributed by atoms with Crippen LogP contribution in [0.3, 0.4) is 0 Å². The zero-order valence-electron chi connectivity index (χ0n) is 17.5. The van der Waals surface area contributed by atoms with E-state index in [0.29, 0.717) is 5.56 Å². The third-order valence-electron chi connectivity index (χ3n) is 5.45. The quantitative estimate of drug-likeness (QED) is 0.600. The lowest BCUT2D eigenvalue weighted by atomic mass is 10.1. The summed E-state index contributed by atoms with van der Waals surface area (Å²) in [5.41, 5.74) is 2.88. The van der Waals surface area contributed by atoms with E-state index in [2.05, 4.69) is 22.3 Å². The number of carbonyl (C=O) groups excluding carboxylic acids is 2. The van der Waals surface area contributed by atoms with E-state index in [9.17, 15) is 9.59 Å². The lowest BCUT2D eigenvalue weighted by Gasteiger charge is -2.34. The molecule has 1 fully saturated rings. The largest absolute Gasteiger partial charge is 0.349 e. The van der Waals surface area contributed by atoms with Crippen molar-refractivity contribution in [1.82, 2.24) is 15.1 Å². The van der Waals surface area contributed by atoms with Crippen molar-refractivity contribution >= 4 is 47.4 Å². The Kier molecular flexibility index (Phi) is 10.1. The number of halogens is 3. The number of benzene rings is 2. The molecule has 1 aliphatic heterocycles. The molecule has 1 unspecified atom stereocenters. The van der Waals surface area contributed by atoms with Crippen molar-refractivity contribution in [3.8, 4) is 0 Å². The van der Waals surface area contributed by atoms with Gasteiger partial charge in [-0.3, -0.25) is 14.5 Å². The van der Waals surface area contributed by atoms with Crippen LogP contribution in [-0.2, 0) is 11.2 Å². The summed E-state index contributed by atoms with van der Waals surface area (Å²) in [5.74, 6) is -0.221. The van der Waals surface area contributed by atoms with E-state index in [-0.39, 0.29) is 36.1 Å². The Balaban J connectivity index is 0.00000341. The smallest absolute Gasteiger partial charge is 0.253 e. The second-order valence-corrected chi connectivity index (χ2v) is 8.26. The van der Waals surface area contributed by atoms with Gasteiger partial charge in [-0.2, -0.15) is 0 Å². The minimum Gasteiger partial charge on any atom is -0.349 e. The van der Waals surface area contributed by atoms with Crippen LogP contribution in [0.2, 0.25) is 5.02 Å². The normalized spacial score (nSPS) is 15.1. The number of nitrogens with zero attached hydrogens (tertiary/aromatic N) is 2. The van der Waals surface area contributed by atoms with E-state index < -0.39 is 0 Å². The maximum atomic E-state index is 12.8. The molecule has 0 spiro atoms. The van der Waals surface area contributed by atoms with E-state index in [4.69, 9.17) is 23.2 Å². The summed E-state index contributed by atoms with van der Waals surface area (Å²) < 4.78 is 0. The van der Waals surface area contributed by atoms with E-state index in [1.54, 1.807) is 0 Å². The van der Waals surface area contributed by atoms with Crippen LogP contribution in [0, 0.1) is 0 Å². The summed E-state index contributed by atoms with van der Waals surface area (Å²) in [6, 6.07) is 15.2. The summed E-state index contributed by atoms with van der Waals surface area (Å²) in [7, 11) is 0. The fourth-order valence-electron chi connectivity index (χ4n) is 3.57. The molecule has 2 aromatic rings. The molecule has 168 valence electrons. The molecule has 2 amide bonds. The van der Waals surface area contributed by atoms with Crippen molar-refractivity contribution in [2.75, 3.05) is 38.6 Å². The van der Waals surface area contributed by atoms with Gasteiger partial charge in [0.2, 0.25) is 5.91 Å². The number of alkyl halides is 1. The molecule has 5 nitrogen and oxygen atoms in total. The first kappa shape index (κ1) is 25.5. The Morgan fingerprint density at radius 1 is 1.00 bits per heavy atom. The molecular weight excluding hydrogens is 457 g/mol. The number of rotatable bonds is 7. The molecule has 0 aromatic heterocycles. The molecule has 1 aliphatic rings. The van der Waals surface area contributed by atoms with Gasteiger partial charge < -0.3 is 10.2 Å². The molecule has 1 heterocycles. The lowest BCUT2D eigenvalue weighted by molar-refractivity contribution is -0.119. The Morgan fingerprint density at radius 2 is 1.61 bits per heavy atom. The van der Waals surface area contributed by atoms with Gasteiger partial charge in [-0.25, -0.2) is 0 Å². The van der Waals surface area contributed by atoms with Gasteiger partial charge in [-0.05, 0) is 48.7 Å². The van der Waals surface area contributed by atoms with E-state index >= 15 is 0 Å². The summed E-state index contributed by atoms with van der Waals surface area (Å²) in [6.45, 7) is 6.07. The highest BCUT2D eigenvalue weighted by Crippen LogP contribution is 2.16. The highest BCUT2D eigenvalue weighted by molar-refractivity contribution is 6.30. The molecule has 0 bridgehead atoms. The Labute approximate surface area is 200 Å². The number of piperazine rings is 1. The SMILES string of the molecule is CC(NC(=O)CCl)c1ccc(C(=O)N2CCN(CCc3ccc(Cl)cc3)CC2)cc1.Cl. The number of carbonyl (C=O) groups is 2. The van der Waals surface area contributed by atoms with Crippen LogP contribution < -0.4 is 5.32 Å². The molecule has 2 aromatic carbocycles. The Morgan fingerprint density at radius 3 is 2.19 bits per heavy atom. The highest BCUT2D eigenvalue weighted by Gasteiger charge is 2.22. The molecular formula is C23H28Cl3N3O2. The standard InChI is InChI=1S/C23H27Cl2N3O2.ClH/c1-17(26-22(29)16-24)19-4-6-20(7-5-19)23(30)28-14-12-27(13-15-28)11-10-18-2-8-21(25)9-3-18;/h2-9,17H,10-16H2,1H3,(H,26,29);1H. The third kappa shape index (κ3) is 7.39. The number of hydrogen-bond acceptors (Lipinski definition) is 3. The van der Waals surface area contributed by atoms with Gasteiger partial charge in [-0.15, -0.1) is 24.0 Å². The Bertz CT molecular complexity index is 851. The van der Waals surface area contributed by atoms with Gasteiger partial charge in [-0.1, -0.05) is 35.9 Å². The first-order valence-corrected chi connectivity index (χ1v) is 11.1. The first-order valence-electron chi connectivity index (χ1n) is 10.2. The first-order chi connectivity index (χ1) is 14.5. The minimum atomic E-state index is -0.210. The number of hydrogen-bond donors (Lipinski definition) is 1. The van der Waals surface area contributed by atoms with Gasteiger partial charge >= 0.3 is 0 Å². The van der Waals surface area contributed by atoms with Gasteiger partial charge in [0.15, 0.2) is 0 Å². The van der Waals surface area contributed by atoms with Crippen molar-refractivity contribution in [3.05, 3.63) is 70.2 Å². The van der Waals surface area contributed by atoms with Crippen molar-refractivity contribution < 1.29 is 9.59 Å². The van der Waals surface area contributed by atoms with E-state index in [0.717, 1.165) is 49.7 Å². The van der Waals surface area contributed by atoms with Gasteiger partial charge in [0.25, 0.3) is 5.91 Å². The lowest BCUT2D eigenvalue weighted by Crippen LogP contribution is -2.49. The molecule has 3 rings (SSSR count). The molecule has 1 atom stereocenters. The predicted octanol–water partition coefficient (Wildman–Crippen LogP) is 4.18. The zero-order chi connectivity index (χ0) is 21.5. The van der Waals surface area contributed by atoms with Crippen LogP contribution in [0.5, 0.6) is 0 Å². The highest BCUT2D eigenvalue weighted by atomic mass is 35.5. The molecule has 31 heavy (non-hydrogen) atoms. The van der Waals surface area contributed by atoms with Crippen LogP contribution in [0.15, 0.2) is 48.5 Å². The summed E-state index contributed by atoms with van der Waals surface area (Å²) in [5, 5.41) is 3.57. The fraction of sp³-hybridized carbons (Fsp3) is 0.391. The molecule has 1 saturated heterocycles. The van der Waals surface area contributed by atoms with Crippen molar-refractivity contribution in [3.63, 3.8) is 0 Å². The van der Waals surface area contributed by atoms with Crippen molar-refractivity contribution in [1.29, 1.82) is 0 Å². The second kappa shape index (κ2) is 12.3. The zero-order valence-corrected chi connectivity index (χ0v) is 19.8. The molecule has 0 aliphatic carbocycles. The van der Waals surface area contributed by atoms with Gasteiger partial charge in [0, 0.05) is 43.3 Å². The van der Waals surface area contributed by atoms with Gasteiger partial charge in [0.05, 0.1) is 6.04 Å². The minimum absolute atomic E-state index is 0. The number of nitrogens with one attached hydrogen (secondary N) is 1. The van der Waals surface area contributed by atoms with E-state index in [1.165, 1.54) is 5.56 Å². The predicted molar refractivity (Wildman–Crippen MR) is 128 cm³/mol. The second-order valence-electron chi connectivity index (χ2n) is 7.56. The average Bonchev–Trinajstić information content (AvgIpc) is 2.78. The summed E-state index contributed by atoms with van der Waals surface area (Å²) in [6.07, 6.45) is 0.977. The fourth-order valence-corrected chi connectivity index (χ4v) is 3.78. The summed E-state index contributed by atoms with van der Waals surface area (Å²) in [4.78, 5) is 28.6. The third-order valence-corrected chi connectivity index (χ3v) is 5.94. The van der Waals surface area contributed by atoms with Crippen LogP contribution >= 0.6 is 35.6 Å². The molecule has 0 saturated carbocycles. The van der Waals surface area contributed by atoms with Crippen LogP contribution in [-0.4, -0.2) is 60.2 Å². The van der Waals surface area contributed by atoms with Crippen LogP contribution in [0.25, 0.3) is 0 Å². The van der Waals surface area contributed by atoms with E-state index in [1.807, 2.05) is 48.2 Å². The van der Waals surface area contributed by atoms with Crippen molar-refractivity contribution in [2.24, 2.45) is 0 Å². The maximum absolute atomic E-state index is 12.8. The van der Waals surface area contributed by atoms with Gasteiger partial charge in [0.1, 0.15) is 5.88 Å². The van der Waals surface area contributed by atoms with Crippen molar-refractivity contribution in [2.45, 2.75) is 19.4 Å². The molecule has 8 heteroatoms. The molecule has 0 radical (unpaired) electrons. The summed E-state index contributed by atoms with van der Waals surface area (Å²) >= 11 is 11.5. The number of amides is 2. The molecule has 1 N–H and O–H groups in total. The topological polar surface area (TPSA) is 52.7 Å². The van der Waals surface area contributed by atoms with Crippen LogP contribution in [0.1, 0.15) is 34.5 Å². The van der Waals surface area contributed by atoms with Crippen LogP contribution in [0.4, 0.5) is 0 Å².